The van der Waals surface area contributed by atoms with Crippen molar-refractivity contribution in [1.29, 1.82) is 0 Å². The molecule has 1 saturated carbocycles. The van der Waals surface area contributed by atoms with Gasteiger partial charge in [0.2, 0.25) is 10.0 Å². The van der Waals surface area contributed by atoms with Crippen LogP contribution in [0.4, 0.5) is 5.69 Å². The van der Waals surface area contributed by atoms with Crippen molar-refractivity contribution in [2.45, 2.75) is 30.7 Å². The van der Waals surface area contributed by atoms with Crippen LogP contribution in [0.2, 0.25) is 0 Å². The molecule has 2 rings (SSSR count). The first-order valence-corrected chi connectivity index (χ1v) is 8.07. The van der Waals surface area contributed by atoms with Gasteiger partial charge in [-0.3, -0.25) is 0 Å². The standard InChI is InChI=1S/C12H17N3O2S2/c1-2-13-19(16,17)11-7-5-10(6-8-11)15-12(18)14-9-3-4-9/h5-9,13H,2-4H2,1H3,(H2,14,15,18). The molecule has 1 fully saturated rings. The van der Waals surface area contributed by atoms with E-state index in [2.05, 4.69) is 15.4 Å². The molecular formula is C12H17N3O2S2. The van der Waals surface area contributed by atoms with Crippen LogP contribution >= 0.6 is 12.2 Å². The van der Waals surface area contributed by atoms with Gasteiger partial charge in [-0.2, -0.15) is 0 Å². The lowest BCUT2D eigenvalue weighted by atomic mass is 10.3. The van der Waals surface area contributed by atoms with Crippen molar-refractivity contribution in [2.75, 3.05) is 11.9 Å². The Hall–Kier alpha value is -1.18. The smallest absolute Gasteiger partial charge is 0.240 e. The zero-order chi connectivity index (χ0) is 13.9. The number of nitrogens with one attached hydrogen (secondary N) is 3. The minimum absolute atomic E-state index is 0.251. The highest BCUT2D eigenvalue weighted by molar-refractivity contribution is 7.89. The fraction of sp³-hybridized carbons (Fsp3) is 0.417. The van der Waals surface area contributed by atoms with Crippen LogP contribution in [0.3, 0.4) is 0 Å². The van der Waals surface area contributed by atoms with Gasteiger partial charge >= 0.3 is 0 Å². The van der Waals surface area contributed by atoms with Gasteiger partial charge in [0.05, 0.1) is 4.90 Å². The zero-order valence-electron chi connectivity index (χ0n) is 10.6. The molecular weight excluding hydrogens is 282 g/mol. The van der Waals surface area contributed by atoms with Gasteiger partial charge in [0, 0.05) is 18.3 Å². The highest BCUT2D eigenvalue weighted by Crippen LogP contribution is 2.19. The second-order valence-corrected chi connectivity index (χ2v) is 6.57. The summed E-state index contributed by atoms with van der Waals surface area (Å²) in [5.74, 6) is 0. The summed E-state index contributed by atoms with van der Waals surface area (Å²) in [5.41, 5.74) is 0.772. The summed E-state index contributed by atoms with van der Waals surface area (Å²) >= 11 is 5.15. The van der Waals surface area contributed by atoms with Gasteiger partial charge in [-0.05, 0) is 49.3 Å². The van der Waals surface area contributed by atoms with E-state index in [-0.39, 0.29) is 4.90 Å². The third kappa shape index (κ3) is 4.15. The summed E-state index contributed by atoms with van der Waals surface area (Å²) in [4.78, 5) is 0.251. The number of rotatable bonds is 5. The molecule has 0 saturated heterocycles. The van der Waals surface area contributed by atoms with Crippen molar-refractivity contribution in [3.05, 3.63) is 24.3 Å². The number of hydrogen-bond acceptors (Lipinski definition) is 3. The Morgan fingerprint density at radius 2 is 1.95 bits per heavy atom. The first-order chi connectivity index (χ1) is 9.01. The molecule has 0 atom stereocenters. The molecule has 0 aliphatic heterocycles. The molecule has 0 spiro atoms. The molecule has 1 aromatic carbocycles. The number of thiocarbonyl (C=S) groups is 1. The van der Waals surface area contributed by atoms with Crippen LogP contribution in [0.25, 0.3) is 0 Å². The van der Waals surface area contributed by atoms with Crippen molar-refractivity contribution in [3.63, 3.8) is 0 Å². The average molecular weight is 299 g/mol. The summed E-state index contributed by atoms with van der Waals surface area (Å²) in [6.45, 7) is 2.12. The molecule has 1 aliphatic rings. The van der Waals surface area contributed by atoms with E-state index in [1.54, 1.807) is 31.2 Å². The van der Waals surface area contributed by atoms with Crippen LogP contribution in [0.15, 0.2) is 29.2 Å². The third-order valence-electron chi connectivity index (χ3n) is 2.67. The number of hydrogen-bond donors (Lipinski definition) is 3. The van der Waals surface area contributed by atoms with Gasteiger partial charge in [0.1, 0.15) is 0 Å². The lowest BCUT2D eigenvalue weighted by Crippen LogP contribution is -2.30. The van der Waals surface area contributed by atoms with Gasteiger partial charge < -0.3 is 10.6 Å². The Kier molecular flexibility index (Phi) is 4.38. The van der Waals surface area contributed by atoms with Crippen molar-refractivity contribution in [1.82, 2.24) is 10.0 Å². The van der Waals surface area contributed by atoms with Crippen LogP contribution in [0.5, 0.6) is 0 Å². The Bertz CT molecular complexity index is 551. The number of anilines is 1. The first kappa shape index (κ1) is 14.2. The second kappa shape index (κ2) is 5.85. The summed E-state index contributed by atoms with van der Waals surface area (Å²) in [6.07, 6.45) is 2.31. The van der Waals surface area contributed by atoms with E-state index >= 15 is 0 Å². The normalized spacial score (nSPS) is 15.0. The minimum atomic E-state index is -3.39. The molecule has 19 heavy (non-hydrogen) atoms. The molecule has 1 aliphatic carbocycles. The maximum Gasteiger partial charge on any atom is 0.240 e. The quantitative estimate of drug-likeness (QED) is 0.718. The fourth-order valence-electron chi connectivity index (χ4n) is 1.57. The Morgan fingerprint density at radius 1 is 1.32 bits per heavy atom. The molecule has 0 amide bonds. The monoisotopic (exact) mass is 299 g/mol. The van der Waals surface area contributed by atoms with Gasteiger partial charge in [0.15, 0.2) is 5.11 Å². The lowest BCUT2D eigenvalue weighted by molar-refractivity contribution is 0.584. The zero-order valence-corrected chi connectivity index (χ0v) is 12.3. The minimum Gasteiger partial charge on any atom is -0.360 e. The van der Waals surface area contributed by atoms with Gasteiger partial charge in [-0.15, -0.1) is 0 Å². The molecule has 0 aromatic heterocycles. The Labute approximate surface area is 118 Å². The van der Waals surface area contributed by atoms with Crippen molar-refractivity contribution in [2.24, 2.45) is 0 Å². The summed E-state index contributed by atoms with van der Waals surface area (Å²) in [6, 6.07) is 7.00. The van der Waals surface area contributed by atoms with E-state index in [9.17, 15) is 8.42 Å². The SMILES string of the molecule is CCNS(=O)(=O)c1ccc(NC(=S)NC2CC2)cc1. The van der Waals surface area contributed by atoms with Gasteiger partial charge in [0.25, 0.3) is 0 Å². The summed E-state index contributed by atoms with van der Waals surface area (Å²) in [5, 5.41) is 6.76. The summed E-state index contributed by atoms with van der Waals surface area (Å²) in [7, 11) is -3.39. The maximum atomic E-state index is 11.7. The van der Waals surface area contributed by atoms with Crippen LogP contribution in [0, 0.1) is 0 Å². The van der Waals surface area contributed by atoms with E-state index < -0.39 is 10.0 Å². The van der Waals surface area contributed by atoms with Gasteiger partial charge in [-0.1, -0.05) is 6.92 Å². The van der Waals surface area contributed by atoms with E-state index in [4.69, 9.17) is 12.2 Å². The van der Waals surface area contributed by atoms with E-state index in [1.807, 2.05) is 0 Å². The summed E-state index contributed by atoms with van der Waals surface area (Å²) < 4.78 is 25.9. The highest BCUT2D eigenvalue weighted by Gasteiger charge is 2.21. The lowest BCUT2D eigenvalue weighted by Gasteiger charge is -2.10. The van der Waals surface area contributed by atoms with Crippen LogP contribution in [0.1, 0.15) is 19.8 Å². The largest absolute Gasteiger partial charge is 0.360 e. The molecule has 1 aromatic rings. The average Bonchev–Trinajstić information content (AvgIpc) is 3.13. The Balaban J connectivity index is 1.99. The number of sulfonamides is 1. The molecule has 0 bridgehead atoms. The van der Waals surface area contributed by atoms with E-state index in [0.29, 0.717) is 17.7 Å². The van der Waals surface area contributed by atoms with Gasteiger partial charge in [-0.25, -0.2) is 13.1 Å². The molecule has 104 valence electrons. The molecule has 5 nitrogen and oxygen atoms in total. The molecule has 0 unspecified atom stereocenters. The molecule has 7 heteroatoms. The predicted octanol–water partition coefficient (Wildman–Crippen LogP) is 1.43. The van der Waals surface area contributed by atoms with E-state index in [0.717, 1.165) is 18.5 Å². The molecule has 3 N–H and O–H groups in total. The van der Waals surface area contributed by atoms with Crippen LogP contribution in [-0.2, 0) is 10.0 Å². The predicted molar refractivity (Wildman–Crippen MR) is 79.7 cm³/mol. The van der Waals surface area contributed by atoms with Crippen LogP contribution < -0.4 is 15.4 Å². The third-order valence-corrected chi connectivity index (χ3v) is 4.45. The van der Waals surface area contributed by atoms with Crippen molar-refractivity contribution < 1.29 is 8.42 Å². The van der Waals surface area contributed by atoms with Crippen molar-refractivity contribution in [3.8, 4) is 0 Å². The first-order valence-electron chi connectivity index (χ1n) is 6.18. The molecule has 0 radical (unpaired) electrons. The topological polar surface area (TPSA) is 70.2 Å². The Morgan fingerprint density at radius 3 is 2.47 bits per heavy atom. The fourth-order valence-corrected chi connectivity index (χ4v) is 2.90. The second-order valence-electron chi connectivity index (χ2n) is 4.40. The van der Waals surface area contributed by atoms with Crippen LogP contribution in [-0.4, -0.2) is 26.1 Å². The molecule has 0 heterocycles. The maximum absolute atomic E-state index is 11.7. The number of benzene rings is 1. The van der Waals surface area contributed by atoms with E-state index in [1.165, 1.54) is 0 Å². The van der Waals surface area contributed by atoms with Crippen molar-refractivity contribution >= 4 is 33.0 Å². The highest BCUT2D eigenvalue weighted by atomic mass is 32.2.